The monoisotopic (exact) mass is 880 g/mol. The first-order valence-corrected chi connectivity index (χ1v) is 47.4. The molecule has 0 aliphatic carbocycles. The van der Waals surface area contributed by atoms with Gasteiger partial charge in [0.15, 0.2) is 0 Å². The fourth-order valence-corrected chi connectivity index (χ4v) is 72.4. The summed E-state index contributed by atoms with van der Waals surface area (Å²) in [6, 6.07) is 0. The molecule has 0 aliphatic rings. The van der Waals surface area contributed by atoms with E-state index < -0.39 is 109 Å². The van der Waals surface area contributed by atoms with E-state index in [4.69, 9.17) is 0 Å². The molecule has 0 heterocycles. The summed E-state index contributed by atoms with van der Waals surface area (Å²) in [6.45, 7) is 61.3. The maximum atomic E-state index is 3.11. The average molecular weight is 879 g/mol. The molecule has 0 unspecified atom stereocenters. The van der Waals surface area contributed by atoms with Gasteiger partial charge in [0.1, 0.15) is 0 Å². The van der Waals surface area contributed by atoms with E-state index in [-0.39, 0.29) is 0 Å². The van der Waals surface area contributed by atoms with Crippen molar-refractivity contribution < 1.29 is 0 Å². The number of nitrogens with zero attached hydrogens (tertiary/aromatic N) is 4. The topological polar surface area (TPSA) is 13.0 Å². The molecule has 4 nitrogen and oxygen atoms in total. The SMILES string of the molecule is C[Si](C)(C)[N]([Sn][N]([Si](C)(C)C)[Si](C)(C)C)[Si](C)(C)C.C[Si](C)(C)[N]([Sn][N]([Si](C)(C)C)[Si](C)(C)C)[Si](C)(C)C. The second-order valence-electron chi connectivity index (χ2n) is 18.9. The third kappa shape index (κ3) is 16.3. The summed E-state index contributed by atoms with van der Waals surface area (Å²) in [5.41, 5.74) is 0. The molecule has 14 heteroatoms. The van der Waals surface area contributed by atoms with Crippen LogP contribution in [0.3, 0.4) is 0 Å². The van der Waals surface area contributed by atoms with Crippen molar-refractivity contribution in [2.75, 3.05) is 0 Å². The van der Waals surface area contributed by atoms with Gasteiger partial charge in [-0.2, -0.15) is 0 Å². The average Bonchev–Trinajstić information content (AvgIpc) is 2.44. The van der Waals surface area contributed by atoms with Crippen LogP contribution in [0.4, 0.5) is 0 Å². The van der Waals surface area contributed by atoms with E-state index in [2.05, 4.69) is 167 Å². The zero-order valence-corrected chi connectivity index (χ0v) is 44.5. The van der Waals surface area contributed by atoms with Crippen LogP contribution in [0.2, 0.25) is 157 Å². The second kappa shape index (κ2) is 14.5. The summed E-state index contributed by atoms with van der Waals surface area (Å²) < 4.78 is 12.4. The Bertz CT molecular complexity index is 540. The summed E-state index contributed by atoms with van der Waals surface area (Å²) in [5.74, 6) is 0. The van der Waals surface area contributed by atoms with Crippen LogP contribution in [0.15, 0.2) is 0 Å². The van der Waals surface area contributed by atoms with Crippen molar-refractivity contribution in [1.29, 1.82) is 0 Å². The quantitative estimate of drug-likeness (QED) is 0.182. The summed E-state index contributed by atoms with van der Waals surface area (Å²) in [4.78, 5) is 0. The Morgan fingerprint density at radius 2 is 0.289 bits per heavy atom. The van der Waals surface area contributed by atoms with E-state index in [1.54, 1.807) is 0 Å². The van der Waals surface area contributed by atoms with Gasteiger partial charge in [0.05, 0.1) is 0 Å². The molecule has 0 N–H and O–H groups in total. The summed E-state index contributed by atoms with van der Waals surface area (Å²) in [7, 11) is -9.35. The van der Waals surface area contributed by atoms with Gasteiger partial charge < -0.3 is 0 Å². The van der Waals surface area contributed by atoms with Gasteiger partial charge in [-0.15, -0.1) is 0 Å². The Kier molecular flexibility index (Phi) is 16.5. The molecular formula is C24H72N4Si8Sn2. The van der Waals surface area contributed by atoms with Crippen LogP contribution in [-0.2, 0) is 0 Å². The molecule has 0 saturated carbocycles. The van der Waals surface area contributed by atoms with Gasteiger partial charge >= 0.3 is 276 Å². The van der Waals surface area contributed by atoms with E-state index in [1.165, 1.54) is 0 Å². The first-order chi connectivity index (χ1) is 15.9. The zero-order chi connectivity index (χ0) is 31.7. The number of rotatable bonds is 12. The van der Waals surface area contributed by atoms with Gasteiger partial charge in [0.2, 0.25) is 0 Å². The van der Waals surface area contributed by atoms with Gasteiger partial charge in [-0.3, -0.25) is 0 Å². The molecule has 0 saturated heterocycles. The predicted octanol–water partition coefficient (Wildman–Crippen LogP) is 8.93. The van der Waals surface area contributed by atoms with Crippen LogP contribution < -0.4 is 0 Å². The van der Waals surface area contributed by atoms with Crippen LogP contribution >= 0.6 is 0 Å². The van der Waals surface area contributed by atoms with Gasteiger partial charge in [-0.05, 0) is 0 Å². The minimum absolute atomic E-state index is 0.599. The zero-order valence-electron chi connectivity index (χ0n) is 30.8. The fourth-order valence-electron chi connectivity index (χ4n) is 5.42. The van der Waals surface area contributed by atoms with Gasteiger partial charge in [0, 0.05) is 0 Å². The molecule has 0 atom stereocenters. The minimum atomic E-state index is -1.17. The van der Waals surface area contributed by atoms with Gasteiger partial charge in [0.25, 0.3) is 0 Å². The van der Waals surface area contributed by atoms with E-state index in [1.807, 2.05) is 0 Å². The Hall–Kier alpha value is 3.17. The molecule has 38 heavy (non-hydrogen) atoms. The van der Waals surface area contributed by atoms with E-state index >= 15 is 0 Å². The molecule has 0 fully saturated rings. The van der Waals surface area contributed by atoms with Crippen molar-refractivity contribution in [3.05, 3.63) is 0 Å². The van der Waals surface area contributed by atoms with Crippen LogP contribution in [0.25, 0.3) is 0 Å². The van der Waals surface area contributed by atoms with Gasteiger partial charge in [-0.1, -0.05) is 0 Å². The van der Waals surface area contributed by atoms with E-state index in [0.717, 1.165) is 0 Å². The summed E-state index contributed by atoms with van der Waals surface area (Å²) >= 11 is -1.20. The molecule has 4 radical (unpaired) electrons. The standard InChI is InChI=1S/4C6H18NSi2.2Sn/c4*1-8(2,3)7-9(4,5)6;;/h4*1-6H3;;/q4*-1;2*+2. The molecule has 0 aromatic carbocycles. The first kappa shape index (κ1) is 43.3. The van der Waals surface area contributed by atoms with E-state index in [0.29, 0.717) is 0 Å². The molecule has 0 rings (SSSR count). The third-order valence-electron chi connectivity index (χ3n) is 5.77. The molecule has 228 valence electrons. The molecule has 0 bridgehead atoms. The van der Waals surface area contributed by atoms with Crippen molar-refractivity contribution in [3.63, 3.8) is 0 Å². The molecular weight excluding hydrogens is 806 g/mol. The third-order valence-corrected chi connectivity index (χ3v) is 86.2. The molecule has 0 aliphatic heterocycles. The first-order valence-electron chi connectivity index (χ1n) is 14.7. The fraction of sp³-hybridized carbons (Fsp3) is 1.00. The number of hydrogen-bond acceptors (Lipinski definition) is 4. The van der Waals surface area contributed by atoms with E-state index in [9.17, 15) is 0 Å². The maximum absolute atomic E-state index is 3.11. The van der Waals surface area contributed by atoms with Crippen molar-refractivity contribution in [2.45, 2.75) is 157 Å². The van der Waals surface area contributed by atoms with Crippen LogP contribution in [0.1, 0.15) is 0 Å². The van der Waals surface area contributed by atoms with Gasteiger partial charge in [-0.25, -0.2) is 0 Å². The van der Waals surface area contributed by atoms with Crippen LogP contribution in [-0.4, -0.2) is 119 Å². The molecule has 0 aromatic rings. The normalized spacial score (nSPS) is 15.5. The Morgan fingerprint density at radius 1 is 0.211 bits per heavy atom. The number of hydrogen-bond donors (Lipinski definition) is 0. The molecule has 0 spiro atoms. The molecule has 0 amide bonds. The van der Waals surface area contributed by atoms with Crippen LogP contribution in [0, 0.1) is 0 Å². The van der Waals surface area contributed by atoms with Crippen molar-refractivity contribution >= 4 is 109 Å². The second-order valence-corrected chi connectivity index (χ2v) is 75.5. The Labute approximate surface area is 273 Å². The van der Waals surface area contributed by atoms with Crippen molar-refractivity contribution in [2.24, 2.45) is 0 Å². The molecule has 0 aromatic heterocycles. The Balaban J connectivity index is 0. The summed E-state index contributed by atoms with van der Waals surface area (Å²) in [6.07, 6.45) is 0. The Morgan fingerprint density at radius 3 is 0.342 bits per heavy atom. The predicted molar refractivity (Wildman–Crippen MR) is 206 cm³/mol. The van der Waals surface area contributed by atoms with Crippen molar-refractivity contribution in [1.82, 2.24) is 9.81 Å². The van der Waals surface area contributed by atoms with Crippen molar-refractivity contribution in [3.8, 4) is 0 Å². The summed E-state index contributed by atoms with van der Waals surface area (Å²) in [5, 5.41) is 0. The van der Waals surface area contributed by atoms with Crippen LogP contribution in [0.5, 0.6) is 0 Å².